The summed E-state index contributed by atoms with van der Waals surface area (Å²) < 4.78 is 0. The highest BCUT2D eigenvalue weighted by molar-refractivity contribution is 9.09. The van der Waals surface area contributed by atoms with E-state index in [0.29, 0.717) is 6.42 Å². The Labute approximate surface area is 104 Å². The summed E-state index contributed by atoms with van der Waals surface area (Å²) in [5, 5.41) is 11.7. The molecule has 0 atom stereocenters. The lowest BCUT2D eigenvalue weighted by Gasteiger charge is -2.21. The van der Waals surface area contributed by atoms with Crippen molar-refractivity contribution in [2.75, 3.05) is 5.33 Å². The number of nitro benzene ring substituents is 1. The molecule has 0 bridgehead atoms. The summed E-state index contributed by atoms with van der Waals surface area (Å²) in [5.41, 5.74) is 2.12. The van der Waals surface area contributed by atoms with E-state index in [2.05, 4.69) is 29.8 Å². The van der Waals surface area contributed by atoms with E-state index in [9.17, 15) is 10.1 Å². The lowest BCUT2D eigenvalue weighted by atomic mass is 9.87. The molecule has 1 rings (SSSR count). The molecule has 0 saturated carbocycles. The van der Waals surface area contributed by atoms with Crippen molar-refractivity contribution >= 4 is 21.6 Å². The van der Waals surface area contributed by atoms with Crippen LogP contribution in [0.4, 0.5) is 5.69 Å². The molecule has 3 nitrogen and oxygen atoms in total. The normalized spacial score (nSPS) is 11.5. The van der Waals surface area contributed by atoms with Crippen LogP contribution in [0, 0.1) is 22.5 Å². The zero-order valence-corrected chi connectivity index (χ0v) is 11.4. The second-order valence-electron chi connectivity index (χ2n) is 4.86. The second kappa shape index (κ2) is 4.95. The Morgan fingerprint density at radius 3 is 2.56 bits per heavy atom. The fourth-order valence-electron chi connectivity index (χ4n) is 1.60. The van der Waals surface area contributed by atoms with Crippen molar-refractivity contribution in [1.82, 2.24) is 0 Å². The van der Waals surface area contributed by atoms with Gasteiger partial charge in [-0.1, -0.05) is 41.4 Å². The summed E-state index contributed by atoms with van der Waals surface area (Å²) in [6.45, 7) is 6.13. The summed E-state index contributed by atoms with van der Waals surface area (Å²) in [4.78, 5) is 10.6. The van der Waals surface area contributed by atoms with Crippen molar-refractivity contribution in [2.45, 2.75) is 27.2 Å². The average Bonchev–Trinajstić information content (AvgIpc) is 2.16. The van der Waals surface area contributed by atoms with E-state index in [1.807, 2.05) is 13.0 Å². The van der Waals surface area contributed by atoms with Gasteiger partial charge >= 0.3 is 0 Å². The van der Waals surface area contributed by atoms with Gasteiger partial charge in [-0.3, -0.25) is 10.1 Å². The Hall–Kier alpha value is -0.900. The molecule has 16 heavy (non-hydrogen) atoms. The summed E-state index contributed by atoms with van der Waals surface area (Å²) in [5.74, 6) is 0. The fourth-order valence-corrected chi connectivity index (χ4v) is 1.80. The molecule has 0 aliphatic carbocycles. The van der Waals surface area contributed by atoms with E-state index in [-0.39, 0.29) is 16.0 Å². The van der Waals surface area contributed by atoms with Gasteiger partial charge in [0.2, 0.25) is 0 Å². The topological polar surface area (TPSA) is 43.1 Å². The smallest absolute Gasteiger partial charge is 0.258 e. The van der Waals surface area contributed by atoms with Crippen LogP contribution in [-0.4, -0.2) is 10.3 Å². The standard InChI is InChI=1S/C12H16BrNO2/c1-9-4-5-11(14(15)16)10(6-9)7-12(2,3)8-13/h4-6H,7-8H2,1-3H3. The molecule has 0 amide bonds. The Morgan fingerprint density at radius 1 is 1.44 bits per heavy atom. The summed E-state index contributed by atoms with van der Waals surface area (Å²) >= 11 is 3.44. The first-order valence-electron chi connectivity index (χ1n) is 5.15. The average molecular weight is 286 g/mol. The van der Waals surface area contributed by atoms with Gasteiger partial charge in [-0.2, -0.15) is 0 Å². The molecule has 0 saturated heterocycles. The van der Waals surface area contributed by atoms with Crippen molar-refractivity contribution in [2.24, 2.45) is 5.41 Å². The highest BCUT2D eigenvalue weighted by atomic mass is 79.9. The molecule has 0 unspecified atom stereocenters. The van der Waals surface area contributed by atoms with Gasteiger partial charge in [0.05, 0.1) is 4.92 Å². The van der Waals surface area contributed by atoms with E-state index in [0.717, 1.165) is 16.5 Å². The molecule has 1 aromatic carbocycles. The van der Waals surface area contributed by atoms with Crippen LogP contribution < -0.4 is 0 Å². The number of halogens is 1. The van der Waals surface area contributed by atoms with Gasteiger partial charge in [0.25, 0.3) is 5.69 Å². The number of hydrogen-bond donors (Lipinski definition) is 0. The van der Waals surface area contributed by atoms with Crippen molar-refractivity contribution in [1.29, 1.82) is 0 Å². The Bertz CT molecular complexity index is 402. The highest BCUT2D eigenvalue weighted by Crippen LogP contribution is 2.29. The van der Waals surface area contributed by atoms with E-state index in [1.54, 1.807) is 12.1 Å². The fraction of sp³-hybridized carbons (Fsp3) is 0.500. The third-order valence-corrected chi connectivity index (χ3v) is 3.98. The molecule has 0 heterocycles. The van der Waals surface area contributed by atoms with Gasteiger partial charge < -0.3 is 0 Å². The van der Waals surface area contributed by atoms with Crippen LogP contribution in [0.15, 0.2) is 18.2 Å². The maximum atomic E-state index is 10.9. The van der Waals surface area contributed by atoms with Gasteiger partial charge in [-0.15, -0.1) is 0 Å². The van der Waals surface area contributed by atoms with Crippen molar-refractivity contribution in [3.05, 3.63) is 39.4 Å². The molecule has 0 fully saturated rings. The molecule has 0 aromatic heterocycles. The molecule has 0 N–H and O–H groups in total. The van der Waals surface area contributed by atoms with E-state index in [1.165, 1.54) is 0 Å². The van der Waals surface area contributed by atoms with Gasteiger partial charge in [-0.05, 0) is 24.8 Å². The number of nitro groups is 1. The summed E-state index contributed by atoms with van der Waals surface area (Å²) in [6.07, 6.45) is 0.705. The lowest BCUT2D eigenvalue weighted by Crippen LogP contribution is -2.17. The van der Waals surface area contributed by atoms with Gasteiger partial charge in [0.1, 0.15) is 0 Å². The molecule has 0 aliphatic rings. The Morgan fingerprint density at radius 2 is 2.06 bits per heavy atom. The molecule has 4 heteroatoms. The number of alkyl halides is 1. The molecule has 1 aromatic rings. The van der Waals surface area contributed by atoms with Crippen molar-refractivity contribution in [3.63, 3.8) is 0 Å². The van der Waals surface area contributed by atoms with Crippen LogP contribution in [0.1, 0.15) is 25.0 Å². The molecule has 0 spiro atoms. The number of aryl methyl sites for hydroxylation is 1. The maximum Gasteiger partial charge on any atom is 0.272 e. The minimum atomic E-state index is -0.306. The number of benzene rings is 1. The predicted molar refractivity (Wildman–Crippen MR) is 69.1 cm³/mol. The quantitative estimate of drug-likeness (QED) is 0.479. The van der Waals surface area contributed by atoms with Crippen LogP contribution in [0.3, 0.4) is 0 Å². The van der Waals surface area contributed by atoms with E-state index >= 15 is 0 Å². The molecule has 88 valence electrons. The molecule has 0 aliphatic heterocycles. The van der Waals surface area contributed by atoms with Gasteiger partial charge in [0, 0.05) is 17.0 Å². The van der Waals surface area contributed by atoms with Crippen molar-refractivity contribution < 1.29 is 4.92 Å². The minimum Gasteiger partial charge on any atom is -0.258 e. The minimum absolute atomic E-state index is 0.0263. The SMILES string of the molecule is Cc1ccc([N+](=O)[O-])c(CC(C)(C)CBr)c1. The molecular weight excluding hydrogens is 270 g/mol. The third kappa shape index (κ3) is 3.30. The summed E-state index contributed by atoms with van der Waals surface area (Å²) in [7, 11) is 0. The second-order valence-corrected chi connectivity index (χ2v) is 5.42. The first kappa shape index (κ1) is 13.2. The van der Waals surface area contributed by atoms with Gasteiger partial charge in [-0.25, -0.2) is 0 Å². The Kier molecular flexibility index (Phi) is 4.08. The largest absolute Gasteiger partial charge is 0.272 e. The van der Waals surface area contributed by atoms with Crippen molar-refractivity contribution in [3.8, 4) is 0 Å². The Balaban J connectivity index is 3.10. The third-order valence-electron chi connectivity index (χ3n) is 2.46. The van der Waals surface area contributed by atoms with E-state index < -0.39 is 0 Å². The maximum absolute atomic E-state index is 10.9. The van der Waals surface area contributed by atoms with E-state index in [4.69, 9.17) is 0 Å². The van der Waals surface area contributed by atoms with Crippen LogP contribution >= 0.6 is 15.9 Å². The van der Waals surface area contributed by atoms with Crippen LogP contribution in [0.25, 0.3) is 0 Å². The first-order valence-corrected chi connectivity index (χ1v) is 6.28. The summed E-state index contributed by atoms with van der Waals surface area (Å²) in [6, 6.07) is 5.28. The van der Waals surface area contributed by atoms with Crippen LogP contribution in [0.2, 0.25) is 0 Å². The lowest BCUT2D eigenvalue weighted by molar-refractivity contribution is -0.385. The number of rotatable bonds is 4. The zero-order chi connectivity index (χ0) is 12.3. The predicted octanol–water partition coefficient (Wildman–Crippen LogP) is 3.87. The van der Waals surface area contributed by atoms with Gasteiger partial charge in [0.15, 0.2) is 0 Å². The number of nitrogens with zero attached hydrogens (tertiary/aromatic N) is 1. The van der Waals surface area contributed by atoms with Crippen LogP contribution in [-0.2, 0) is 6.42 Å². The molecule has 0 radical (unpaired) electrons. The monoisotopic (exact) mass is 285 g/mol. The van der Waals surface area contributed by atoms with Crippen LogP contribution in [0.5, 0.6) is 0 Å². The number of hydrogen-bond acceptors (Lipinski definition) is 2. The highest BCUT2D eigenvalue weighted by Gasteiger charge is 2.22. The zero-order valence-electron chi connectivity index (χ0n) is 9.79. The first-order chi connectivity index (χ1) is 7.35. The molecular formula is C12H16BrNO2.